The average Bonchev–Trinajstić information content (AvgIpc) is 2.54. The number of rotatable bonds is 3. The van der Waals surface area contributed by atoms with Gasteiger partial charge in [0.1, 0.15) is 0 Å². The van der Waals surface area contributed by atoms with Crippen molar-refractivity contribution in [1.82, 2.24) is 0 Å². The Bertz CT molecular complexity index is 594. The van der Waals surface area contributed by atoms with E-state index in [9.17, 15) is 9.59 Å². The second-order valence-corrected chi connectivity index (χ2v) is 7.30. The maximum absolute atomic E-state index is 13.0. The molecule has 6 atom stereocenters. The Morgan fingerprint density at radius 1 is 0.955 bits per heavy atom. The van der Waals surface area contributed by atoms with Crippen molar-refractivity contribution >= 4 is 11.8 Å². The Morgan fingerprint density at radius 2 is 1.64 bits per heavy atom. The van der Waals surface area contributed by atoms with E-state index in [-0.39, 0.29) is 29.5 Å². The predicted molar refractivity (Wildman–Crippen MR) is 82.2 cm³/mol. The minimum Gasteiger partial charge on any atom is -0.469 e. The Kier molecular flexibility index (Phi) is 3.32. The van der Waals surface area contributed by atoms with Gasteiger partial charge in [-0.25, -0.2) is 0 Å². The normalized spacial score (nSPS) is 38.8. The molecule has 0 amide bonds. The zero-order valence-electron chi connectivity index (χ0n) is 12.9. The molecule has 0 spiro atoms. The maximum Gasteiger partial charge on any atom is 0.309 e. The van der Waals surface area contributed by atoms with Crippen LogP contribution in [-0.4, -0.2) is 18.9 Å². The van der Waals surface area contributed by atoms with Gasteiger partial charge in [-0.2, -0.15) is 0 Å². The number of hydrogen-bond donors (Lipinski definition) is 0. The summed E-state index contributed by atoms with van der Waals surface area (Å²) in [5.74, 6) is 1.91. The highest BCUT2D eigenvalue weighted by atomic mass is 16.5. The highest BCUT2D eigenvalue weighted by Gasteiger charge is 2.57. The fraction of sp³-hybridized carbons (Fsp3) is 0.579. The fourth-order valence-corrected chi connectivity index (χ4v) is 5.62. The van der Waals surface area contributed by atoms with Crippen molar-refractivity contribution in [3.63, 3.8) is 0 Å². The van der Waals surface area contributed by atoms with Gasteiger partial charge in [-0.3, -0.25) is 9.59 Å². The molecule has 0 saturated heterocycles. The van der Waals surface area contributed by atoms with Crippen molar-refractivity contribution in [3.05, 3.63) is 35.9 Å². The van der Waals surface area contributed by atoms with Crippen molar-refractivity contribution in [3.8, 4) is 0 Å². The lowest BCUT2D eigenvalue weighted by Gasteiger charge is -2.56. The molecule has 0 unspecified atom stereocenters. The molecule has 0 heterocycles. The second-order valence-electron chi connectivity index (χ2n) is 7.30. The lowest BCUT2D eigenvalue weighted by atomic mass is 9.47. The third-order valence-electron chi connectivity index (χ3n) is 6.26. The summed E-state index contributed by atoms with van der Waals surface area (Å²) in [6, 6.07) is 9.58. The number of benzene rings is 1. The number of Topliss-reactive ketones (excluding diaryl/α,β-unsaturated/α-hetero) is 1. The molecular weight excluding hydrogens is 276 g/mol. The van der Waals surface area contributed by atoms with Crippen LogP contribution in [0.4, 0.5) is 0 Å². The summed E-state index contributed by atoms with van der Waals surface area (Å²) in [6.45, 7) is 0. The van der Waals surface area contributed by atoms with E-state index in [0.29, 0.717) is 11.8 Å². The molecule has 4 fully saturated rings. The van der Waals surface area contributed by atoms with Gasteiger partial charge in [0.05, 0.1) is 13.0 Å². The molecule has 3 nitrogen and oxygen atoms in total. The molecule has 1 aromatic carbocycles. The first-order valence-corrected chi connectivity index (χ1v) is 8.36. The summed E-state index contributed by atoms with van der Waals surface area (Å²) in [5.41, 5.74) is 0.795. The Labute approximate surface area is 131 Å². The third kappa shape index (κ3) is 2.02. The number of ketones is 1. The smallest absolute Gasteiger partial charge is 0.309 e. The number of carbonyl (C=O) groups excluding carboxylic acids is 2. The number of esters is 1. The summed E-state index contributed by atoms with van der Waals surface area (Å²) in [6.07, 6.45) is 4.37. The van der Waals surface area contributed by atoms with Gasteiger partial charge >= 0.3 is 5.97 Å². The third-order valence-corrected chi connectivity index (χ3v) is 6.26. The van der Waals surface area contributed by atoms with Crippen LogP contribution in [0.2, 0.25) is 0 Å². The van der Waals surface area contributed by atoms with Crippen LogP contribution in [0.15, 0.2) is 30.3 Å². The first kappa shape index (κ1) is 14.0. The standard InChI is InChI=1S/C19H22O3/c1-22-19(21)17-14-8-11-7-13(10-14)16(15(17)9-11)18(20)12-5-3-2-4-6-12/h2-6,11,13-17H,7-10H2,1H3/t11-,13+,14-,15+,16+,17+/m0/s1. The molecular formula is C19H22O3. The van der Waals surface area contributed by atoms with E-state index in [1.165, 1.54) is 13.5 Å². The highest BCUT2D eigenvalue weighted by Crippen LogP contribution is 2.59. The zero-order valence-corrected chi connectivity index (χ0v) is 12.9. The summed E-state index contributed by atoms with van der Waals surface area (Å²) in [7, 11) is 1.47. The van der Waals surface area contributed by atoms with Crippen LogP contribution in [0.25, 0.3) is 0 Å². The molecule has 3 heteroatoms. The molecule has 1 aromatic rings. The molecule has 0 aromatic heterocycles. The number of hydrogen-bond acceptors (Lipinski definition) is 3. The number of methoxy groups -OCH3 is 1. The molecule has 4 bridgehead atoms. The molecule has 0 N–H and O–H groups in total. The van der Waals surface area contributed by atoms with Crippen molar-refractivity contribution in [2.24, 2.45) is 35.5 Å². The van der Waals surface area contributed by atoms with Crippen LogP contribution < -0.4 is 0 Å². The van der Waals surface area contributed by atoms with Gasteiger partial charge < -0.3 is 4.74 Å². The monoisotopic (exact) mass is 298 g/mol. The van der Waals surface area contributed by atoms with Gasteiger partial charge in [-0.1, -0.05) is 30.3 Å². The van der Waals surface area contributed by atoms with Gasteiger partial charge in [0.2, 0.25) is 0 Å². The van der Waals surface area contributed by atoms with E-state index in [0.717, 1.165) is 30.7 Å². The minimum absolute atomic E-state index is 0.0132. The summed E-state index contributed by atoms with van der Waals surface area (Å²) in [5, 5.41) is 0. The van der Waals surface area contributed by atoms with E-state index in [1.54, 1.807) is 0 Å². The van der Waals surface area contributed by atoms with Gasteiger partial charge in [0, 0.05) is 11.5 Å². The van der Waals surface area contributed by atoms with Gasteiger partial charge in [-0.05, 0) is 49.4 Å². The van der Waals surface area contributed by atoms with E-state index >= 15 is 0 Å². The zero-order chi connectivity index (χ0) is 15.3. The minimum atomic E-state index is -0.0975. The first-order chi connectivity index (χ1) is 10.7. The molecule has 22 heavy (non-hydrogen) atoms. The second kappa shape index (κ2) is 5.22. The SMILES string of the molecule is COC(=O)[C@@H]1[C@H]2C[C@@H]3C[C@H](C2)[C@@H](C(=O)c2ccccc2)[C@H]1C3. The van der Waals surface area contributed by atoms with Crippen LogP contribution in [0.1, 0.15) is 36.0 Å². The lowest BCUT2D eigenvalue weighted by molar-refractivity contribution is -0.162. The Hall–Kier alpha value is -1.64. The van der Waals surface area contributed by atoms with E-state index in [1.807, 2.05) is 30.3 Å². The summed E-state index contributed by atoms with van der Waals surface area (Å²) < 4.78 is 5.06. The molecule has 4 aliphatic carbocycles. The van der Waals surface area contributed by atoms with Gasteiger partial charge in [0.25, 0.3) is 0 Å². The number of carbonyl (C=O) groups is 2. The summed E-state index contributed by atoms with van der Waals surface area (Å²) >= 11 is 0. The predicted octanol–water partition coefficient (Wildman–Crippen LogP) is 3.34. The fourth-order valence-electron chi connectivity index (χ4n) is 5.62. The van der Waals surface area contributed by atoms with Gasteiger partial charge in [-0.15, -0.1) is 0 Å². The van der Waals surface area contributed by atoms with Crippen LogP contribution >= 0.6 is 0 Å². The van der Waals surface area contributed by atoms with Crippen molar-refractivity contribution in [1.29, 1.82) is 0 Å². The lowest BCUT2D eigenvalue weighted by Crippen LogP contribution is -2.55. The van der Waals surface area contributed by atoms with E-state index in [4.69, 9.17) is 4.74 Å². The highest BCUT2D eigenvalue weighted by molar-refractivity contribution is 5.98. The largest absolute Gasteiger partial charge is 0.469 e. The Morgan fingerprint density at radius 3 is 2.32 bits per heavy atom. The van der Waals surface area contributed by atoms with Crippen LogP contribution in [0.5, 0.6) is 0 Å². The maximum atomic E-state index is 13.0. The molecule has 116 valence electrons. The Balaban J connectivity index is 1.68. The van der Waals surface area contributed by atoms with E-state index < -0.39 is 0 Å². The van der Waals surface area contributed by atoms with E-state index in [2.05, 4.69) is 0 Å². The van der Waals surface area contributed by atoms with Crippen molar-refractivity contribution in [2.45, 2.75) is 25.7 Å². The first-order valence-electron chi connectivity index (χ1n) is 8.36. The molecule has 0 aliphatic heterocycles. The summed E-state index contributed by atoms with van der Waals surface area (Å²) in [4.78, 5) is 25.3. The number of ether oxygens (including phenoxy) is 1. The van der Waals surface area contributed by atoms with Crippen molar-refractivity contribution in [2.75, 3.05) is 7.11 Å². The molecule has 4 saturated carbocycles. The molecule has 4 aliphatic rings. The van der Waals surface area contributed by atoms with Crippen molar-refractivity contribution < 1.29 is 14.3 Å². The average molecular weight is 298 g/mol. The molecule has 5 rings (SSSR count). The molecule has 0 radical (unpaired) electrons. The topological polar surface area (TPSA) is 43.4 Å². The van der Waals surface area contributed by atoms with Crippen LogP contribution in [0.3, 0.4) is 0 Å². The van der Waals surface area contributed by atoms with Crippen LogP contribution in [0, 0.1) is 35.5 Å². The van der Waals surface area contributed by atoms with Crippen LogP contribution in [-0.2, 0) is 9.53 Å². The van der Waals surface area contributed by atoms with Gasteiger partial charge in [0.15, 0.2) is 5.78 Å². The quantitative estimate of drug-likeness (QED) is 0.635.